The summed E-state index contributed by atoms with van der Waals surface area (Å²) in [6.45, 7) is 0. The highest BCUT2D eigenvalue weighted by molar-refractivity contribution is 6.37. The molecule has 1 aromatic rings. The van der Waals surface area contributed by atoms with Crippen LogP contribution >= 0.6 is 0 Å². The second-order valence-electron chi connectivity index (χ2n) is 3.23. The minimum atomic E-state index is -1.68. The number of hydrogen-bond acceptors (Lipinski definition) is 5. The fraction of sp³-hybridized carbons (Fsp3) is 0.333. The summed E-state index contributed by atoms with van der Waals surface area (Å²) in [4.78, 5) is 36.9. The molecule has 0 radical (unpaired) electrons. The number of aromatic nitrogens is 2. The van der Waals surface area contributed by atoms with Crippen molar-refractivity contribution >= 4 is 23.5 Å². The predicted octanol–water partition coefficient (Wildman–Crippen LogP) is -0.230. The number of amides is 1. The number of Topliss-reactive ketones (excluding diaryl/α,β-unsaturated/α-hetero) is 1. The van der Waals surface area contributed by atoms with Gasteiger partial charge in [0, 0.05) is 24.7 Å². The van der Waals surface area contributed by atoms with E-state index in [1.54, 1.807) is 13.1 Å². The van der Waals surface area contributed by atoms with Crippen LogP contribution in [0.4, 0.5) is 10.3 Å². The molecule has 0 bridgehead atoms. The second-order valence-corrected chi connectivity index (χ2v) is 3.23. The van der Waals surface area contributed by atoms with Crippen molar-refractivity contribution < 1.29 is 23.9 Å². The molecule has 92 valence electrons. The van der Waals surface area contributed by atoms with E-state index in [1.807, 2.05) is 0 Å². The molecule has 0 aliphatic carbocycles. The Balaban J connectivity index is 2.69. The van der Waals surface area contributed by atoms with Gasteiger partial charge < -0.3 is 0 Å². The Kier molecular flexibility index (Phi) is 3.91. The van der Waals surface area contributed by atoms with Crippen LogP contribution in [0, 0.1) is 0 Å². The number of halogens is 1. The molecule has 0 aliphatic heterocycles. The van der Waals surface area contributed by atoms with E-state index >= 15 is 0 Å². The monoisotopic (exact) mass is 243 g/mol. The maximum absolute atomic E-state index is 11.6. The lowest BCUT2D eigenvalue weighted by Crippen LogP contribution is -2.31. The number of carbonyl (C=O) groups is 3. The molecule has 0 aliphatic rings. The highest BCUT2D eigenvalue weighted by atomic mass is 19.3. The van der Waals surface area contributed by atoms with E-state index in [9.17, 15) is 18.9 Å². The smallest absolute Gasteiger partial charge is 0.300 e. The summed E-state index contributed by atoms with van der Waals surface area (Å²) in [5, 5.41) is 3.84. The van der Waals surface area contributed by atoms with Crippen LogP contribution in [0.5, 0.6) is 0 Å². The van der Waals surface area contributed by atoms with Crippen molar-refractivity contribution in [1.29, 1.82) is 0 Å². The van der Waals surface area contributed by atoms with E-state index in [0.29, 0.717) is 5.82 Å². The summed E-state index contributed by atoms with van der Waals surface area (Å²) in [6.07, 6.45) is 0.710. The van der Waals surface area contributed by atoms with Crippen molar-refractivity contribution in [2.75, 3.05) is 11.9 Å². The first-order chi connectivity index (χ1) is 7.97. The highest BCUT2D eigenvalue weighted by Crippen LogP contribution is 2.11. The third-order valence-corrected chi connectivity index (χ3v) is 2.12. The molecule has 0 N–H and O–H groups in total. The molecule has 0 saturated heterocycles. The summed E-state index contributed by atoms with van der Waals surface area (Å²) >= 11 is 0. The van der Waals surface area contributed by atoms with Crippen molar-refractivity contribution in [3.63, 3.8) is 0 Å². The second kappa shape index (κ2) is 5.19. The van der Waals surface area contributed by atoms with Crippen molar-refractivity contribution in [3.05, 3.63) is 12.3 Å². The number of aryl methyl sites for hydroxylation is 1. The standard InChI is InChI=1S/C9H10FN3O4/c1-12(7-3-4-11-13(7)2)8(15)5-6(14)9(16)17-10/h3-4H,5H2,1-2H3. The summed E-state index contributed by atoms with van der Waals surface area (Å²) < 4.78 is 12.8. The first-order valence-electron chi connectivity index (χ1n) is 4.57. The van der Waals surface area contributed by atoms with Crippen LogP contribution in [0.15, 0.2) is 12.3 Å². The molecular weight excluding hydrogens is 233 g/mol. The van der Waals surface area contributed by atoms with Gasteiger partial charge in [-0.1, -0.05) is 0 Å². The van der Waals surface area contributed by atoms with E-state index in [4.69, 9.17) is 0 Å². The molecule has 0 spiro atoms. The fourth-order valence-electron chi connectivity index (χ4n) is 1.19. The average molecular weight is 243 g/mol. The van der Waals surface area contributed by atoms with Crippen molar-refractivity contribution in [2.24, 2.45) is 7.05 Å². The molecule has 0 unspecified atom stereocenters. The van der Waals surface area contributed by atoms with Crippen molar-refractivity contribution in [1.82, 2.24) is 9.78 Å². The Labute approximate surface area is 95.7 Å². The van der Waals surface area contributed by atoms with Gasteiger partial charge >= 0.3 is 5.97 Å². The molecule has 0 aromatic carbocycles. The molecule has 1 rings (SSSR count). The van der Waals surface area contributed by atoms with Crippen molar-refractivity contribution in [3.8, 4) is 0 Å². The minimum Gasteiger partial charge on any atom is -0.300 e. The average Bonchev–Trinajstić information content (AvgIpc) is 2.73. The largest absolute Gasteiger partial charge is 0.415 e. The van der Waals surface area contributed by atoms with E-state index in [1.165, 1.54) is 17.9 Å². The molecule has 1 aromatic heterocycles. The third-order valence-electron chi connectivity index (χ3n) is 2.12. The SMILES string of the molecule is CN(C(=O)CC(=O)C(=O)OF)c1ccnn1C. The topological polar surface area (TPSA) is 81.5 Å². The first kappa shape index (κ1) is 12.8. The van der Waals surface area contributed by atoms with Crippen LogP contribution in [0.3, 0.4) is 0 Å². The first-order valence-corrected chi connectivity index (χ1v) is 4.57. The summed E-state index contributed by atoms with van der Waals surface area (Å²) in [5.41, 5.74) is 0. The molecule has 8 heteroatoms. The lowest BCUT2D eigenvalue weighted by Gasteiger charge is -2.15. The lowest BCUT2D eigenvalue weighted by atomic mass is 10.2. The van der Waals surface area contributed by atoms with Crippen LogP contribution in [0.25, 0.3) is 0 Å². The molecule has 1 heterocycles. The maximum atomic E-state index is 11.6. The third kappa shape index (κ3) is 2.86. The zero-order chi connectivity index (χ0) is 13.0. The fourth-order valence-corrected chi connectivity index (χ4v) is 1.19. The van der Waals surface area contributed by atoms with E-state index in [2.05, 4.69) is 10.0 Å². The molecule has 0 atom stereocenters. The summed E-state index contributed by atoms with van der Waals surface area (Å²) in [6, 6.07) is 1.55. The van der Waals surface area contributed by atoms with Crippen LogP contribution in [0.2, 0.25) is 0 Å². The number of hydrogen-bond donors (Lipinski definition) is 0. The Morgan fingerprint density at radius 1 is 1.53 bits per heavy atom. The Morgan fingerprint density at radius 3 is 2.65 bits per heavy atom. The summed E-state index contributed by atoms with van der Waals surface area (Å²) in [7, 11) is 3.02. The van der Waals surface area contributed by atoms with Gasteiger partial charge in [0.25, 0.3) is 5.78 Å². The zero-order valence-electron chi connectivity index (χ0n) is 9.21. The molecule has 1 amide bonds. The van der Waals surface area contributed by atoms with Gasteiger partial charge in [0.2, 0.25) is 5.91 Å². The Hall–Kier alpha value is -2.25. The van der Waals surface area contributed by atoms with Gasteiger partial charge in [0.15, 0.2) is 0 Å². The Bertz CT molecular complexity index is 457. The number of rotatable bonds is 4. The number of carbonyl (C=O) groups excluding carboxylic acids is 3. The number of ketones is 1. The van der Waals surface area contributed by atoms with Crippen LogP contribution in [0.1, 0.15) is 6.42 Å². The molecule has 17 heavy (non-hydrogen) atoms. The molecule has 0 fully saturated rings. The molecule has 0 saturated carbocycles. The van der Waals surface area contributed by atoms with Gasteiger partial charge in [-0.05, 0) is 0 Å². The zero-order valence-corrected chi connectivity index (χ0v) is 9.21. The van der Waals surface area contributed by atoms with Crippen LogP contribution < -0.4 is 4.90 Å². The maximum Gasteiger partial charge on any atom is 0.415 e. The van der Waals surface area contributed by atoms with E-state index in [0.717, 1.165) is 4.90 Å². The Morgan fingerprint density at radius 2 is 2.18 bits per heavy atom. The number of anilines is 1. The van der Waals surface area contributed by atoms with Gasteiger partial charge in [-0.15, -0.1) is 0 Å². The molecular formula is C9H10FN3O4. The van der Waals surface area contributed by atoms with Crippen LogP contribution in [-0.2, 0) is 26.4 Å². The van der Waals surface area contributed by atoms with Gasteiger partial charge in [-0.3, -0.25) is 19.2 Å². The highest BCUT2D eigenvalue weighted by Gasteiger charge is 2.23. The van der Waals surface area contributed by atoms with E-state index < -0.39 is 24.1 Å². The normalized spacial score (nSPS) is 9.82. The van der Waals surface area contributed by atoms with Crippen molar-refractivity contribution in [2.45, 2.75) is 6.42 Å². The summed E-state index contributed by atoms with van der Waals surface area (Å²) in [5.74, 6) is -3.15. The quantitative estimate of drug-likeness (QED) is 0.539. The van der Waals surface area contributed by atoms with Gasteiger partial charge in [-0.2, -0.15) is 5.10 Å². The predicted molar refractivity (Wildman–Crippen MR) is 53.4 cm³/mol. The van der Waals surface area contributed by atoms with Crippen LogP contribution in [-0.4, -0.2) is 34.5 Å². The van der Waals surface area contributed by atoms with E-state index in [-0.39, 0.29) is 0 Å². The lowest BCUT2D eigenvalue weighted by molar-refractivity contribution is -0.186. The van der Waals surface area contributed by atoms with Gasteiger partial charge in [-0.25, -0.2) is 9.74 Å². The molecule has 7 nitrogen and oxygen atoms in total. The van der Waals surface area contributed by atoms with Gasteiger partial charge in [0.1, 0.15) is 5.82 Å². The van der Waals surface area contributed by atoms with Gasteiger partial charge in [0.05, 0.1) is 12.6 Å². The number of nitrogens with zero attached hydrogens (tertiary/aromatic N) is 3. The minimum absolute atomic E-state index is 0.441.